The predicted molar refractivity (Wildman–Crippen MR) is 41.2 cm³/mol. The van der Waals surface area contributed by atoms with E-state index in [0.29, 0.717) is 12.6 Å². The lowest BCUT2D eigenvalue weighted by Crippen LogP contribution is -2.12. The average molecular weight is 155 g/mol. The first kappa shape index (κ1) is 8.23. The van der Waals surface area contributed by atoms with Gasteiger partial charge in [0.1, 0.15) is 0 Å². The molecule has 1 heterocycles. The number of hydroxylamine groups is 1. The molecule has 0 aromatic carbocycles. The zero-order valence-electron chi connectivity index (χ0n) is 6.78. The van der Waals surface area contributed by atoms with Crippen molar-refractivity contribution < 1.29 is 5.21 Å². The molecule has 11 heavy (non-hydrogen) atoms. The van der Waals surface area contributed by atoms with E-state index in [0.717, 1.165) is 5.69 Å². The summed E-state index contributed by atoms with van der Waals surface area (Å²) in [6.07, 6.45) is 3.50. The molecule has 2 N–H and O–H groups in total. The third-order valence-corrected chi connectivity index (χ3v) is 1.56. The molecule has 0 spiro atoms. The van der Waals surface area contributed by atoms with Gasteiger partial charge >= 0.3 is 0 Å². The molecule has 1 aromatic heterocycles. The SMILES string of the molecule is CC(C)n1cncc1CNO. The van der Waals surface area contributed by atoms with Crippen LogP contribution in [0.25, 0.3) is 0 Å². The van der Waals surface area contributed by atoms with Crippen molar-refractivity contribution in [3.63, 3.8) is 0 Å². The number of imidazole rings is 1. The van der Waals surface area contributed by atoms with Crippen LogP contribution in [0.3, 0.4) is 0 Å². The first-order valence-corrected chi connectivity index (χ1v) is 3.63. The molecule has 62 valence electrons. The molecule has 1 aromatic rings. The Morgan fingerprint density at radius 1 is 1.73 bits per heavy atom. The lowest BCUT2D eigenvalue weighted by Gasteiger charge is -2.10. The second-order valence-electron chi connectivity index (χ2n) is 2.72. The lowest BCUT2D eigenvalue weighted by atomic mass is 10.3. The predicted octanol–water partition coefficient (Wildman–Crippen LogP) is 0.943. The maximum absolute atomic E-state index is 8.45. The molecule has 0 atom stereocenters. The van der Waals surface area contributed by atoms with Crippen LogP contribution in [0.4, 0.5) is 0 Å². The van der Waals surface area contributed by atoms with Crippen LogP contribution in [0, 0.1) is 0 Å². The Labute approximate surface area is 65.8 Å². The van der Waals surface area contributed by atoms with E-state index in [4.69, 9.17) is 5.21 Å². The molecule has 0 aliphatic carbocycles. The third-order valence-electron chi connectivity index (χ3n) is 1.56. The zero-order valence-corrected chi connectivity index (χ0v) is 6.78. The van der Waals surface area contributed by atoms with E-state index in [9.17, 15) is 0 Å². The summed E-state index contributed by atoms with van der Waals surface area (Å²) >= 11 is 0. The minimum Gasteiger partial charge on any atom is -0.331 e. The van der Waals surface area contributed by atoms with Crippen molar-refractivity contribution in [2.45, 2.75) is 26.4 Å². The van der Waals surface area contributed by atoms with Gasteiger partial charge in [-0.1, -0.05) is 0 Å². The molecule has 0 saturated carbocycles. The molecule has 0 unspecified atom stereocenters. The fraction of sp³-hybridized carbons (Fsp3) is 0.571. The van der Waals surface area contributed by atoms with E-state index in [1.54, 1.807) is 12.5 Å². The Morgan fingerprint density at radius 3 is 3.00 bits per heavy atom. The van der Waals surface area contributed by atoms with E-state index < -0.39 is 0 Å². The Morgan fingerprint density at radius 2 is 2.45 bits per heavy atom. The van der Waals surface area contributed by atoms with Gasteiger partial charge in [-0.05, 0) is 13.8 Å². The van der Waals surface area contributed by atoms with Gasteiger partial charge in [0.25, 0.3) is 0 Å². The van der Waals surface area contributed by atoms with E-state index in [-0.39, 0.29) is 0 Å². The first-order valence-electron chi connectivity index (χ1n) is 3.63. The lowest BCUT2D eigenvalue weighted by molar-refractivity contribution is 0.158. The summed E-state index contributed by atoms with van der Waals surface area (Å²) < 4.78 is 2.00. The highest BCUT2D eigenvalue weighted by atomic mass is 16.5. The topological polar surface area (TPSA) is 50.1 Å². The van der Waals surface area contributed by atoms with Crippen LogP contribution in [0.1, 0.15) is 25.6 Å². The van der Waals surface area contributed by atoms with Gasteiger partial charge in [-0.25, -0.2) is 4.98 Å². The molecule has 4 heteroatoms. The van der Waals surface area contributed by atoms with Gasteiger partial charge in [-0.3, -0.25) is 0 Å². The highest BCUT2D eigenvalue weighted by Gasteiger charge is 2.02. The van der Waals surface area contributed by atoms with Crippen molar-refractivity contribution in [1.29, 1.82) is 0 Å². The van der Waals surface area contributed by atoms with Gasteiger partial charge in [0.15, 0.2) is 0 Å². The largest absolute Gasteiger partial charge is 0.331 e. The Bertz CT molecular complexity index is 219. The van der Waals surface area contributed by atoms with Crippen molar-refractivity contribution in [2.75, 3.05) is 0 Å². The van der Waals surface area contributed by atoms with Gasteiger partial charge < -0.3 is 9.77 Å². The number of rotatable bonds is 3. The fourth-order valence-corrected chi connectivity index (χ4v) is 1.01. The normalized spacial score (nSPS) is 10.9. The summed E-state index contributed by atoms with van der Waals surface area (Å²) in [6.45, 7) is 4.59. The molecule has 0 fully saturated rings. The smallest absolute Gasteiger partial charge is 0.0951 e. The summed E-state index contributed by atoms with van der Waals surface area (Å²) in [6, 6.07) is 0.390. The van der Waals surface area contributed by atoms with Crippen molar-refractivity contribution in [2.24, 2.45) is 0 Å². The number of nitrogens with zero attached hydrogens (tertiary/aromatic N) is 2. The molecular formula is C7H13N3O. The van der Waals surface area contributed by atoms with Crippen LogP contribution in [0.5, 0.6) is 0 Å². The summed E-state index contributed by atoms with van der Waals surface area (Å²) in [4.78, 5) is 3.97. The zero-order chi connectivity index (χ0) is 8.27. The van der Waals surface area contributed by atoms with Crippen molar-refractivity contribution in [3.8, 4) is 0 Å². The Balaban J connectivity index is 2.78. The summed E-state index contributed by atoms with van der Waals surface area (Å²) in [7, 11) is 0. The summed E-state index contributed by atoms with van der Waals surface area (Å²) in [5.41, 5.74) is 3.09. The quantitative estimate of drug-likeness (QED) is 0.639. The molecule has 0 saturated heterocycles. The van der Waals surface area contributed by atoms with Crippen LogP contribution in [-0.4, -0.2) is 14.8 Å². The minimum atomic E-state index is 0.390. The molecule has 0 aliphatic rings. The van der Waals surface area contributed by atoms with Crippen LogP contribution < -0.4 is 5.48 Å². The maximum atomic E-state index is 8.45. The van der Waals surface area contributed by atoms with E-state index in [1.807, 2.05) is 4.57 Å². The molecule has 1 rings (SSSR count). The number of aromatic nitrogens is 2. The van der Waals surface area contributed by atoms with Crippen LogP contribution in [0.15, 0.2) is 12.5 Å². The Kier molecular flexibility index (Phi) is 2.62. The molecular weight excluding hydrogens is 142 g/mol. The minimum absolute atomic E-state index is 0.390. The van der Waals surface area contributed by atoms with E-state index >= 15 is 0 Å². The van der Waals surface area contributed by atoms with E-state index in [2.05, 4.69) is 24.3 Å². The highest BCUT2D eigenvalue weighted by Crippen LogP contribution is 2.07. The van der Waals surface area contributed by atoms with Crippen LogP contribution in [0.2, 0.25) is 0 Å². The van der Waals surface area contributed by atoms with Crippen molar-refractivity contribution in [1.82, 2.24) is 15.0 Å². The summed E-state index contributed by atoms with van der Waals surface area (Å²) in [5, 5.41) is 8.45. The van der Waals surface area contributed by atoms with E-state index in [1.165, 1.54) is 0 Å². The second-order valence-corrected chi connectivity index (χ2v) is 2.72. The van der Waals surface area contributed by atoms with Gasteiger partial charge in [-0.15, -0.1) is 0 Å². The fourth-order valence-electron chi connectivity index (χ4n) is 1.01. The van der Waals surface area contributed by atoms with Crippen molar-refractivity contribution in [3.05, 3.63) is 18.2 Å². The number of nitrogens with one attached hydrogen (secondary N) is 1. The highest BCUT2D eigenvalue weighted by molar-refractivity contribution is 4.98. The van der Waals surface area contributed by atoms with Gasteiger partial charge in [-0.2, -0.15) is 5.48 Å². The molecule has 0 bridgehead atoms. The molecule has 0 amide bonds. The third kappa shape index (κ3) is 1.78. The van der Waals surface area contributed by atoms with Gasteiger partial charge in [0.05, 0.1) is 18.6 Å². The Hall–Kier alpha value is -0.870. The standard InChI is InChI=1S/C7H13N3O/c1-6(2)10-5-8-3-7(10)4-9-11/h3,5-6,9,11H,4H2,1-2H3. The van der Waals surface area contributed by atoms with Crippen LogP contribution >= 0.6 is 0 Å². The monoisotopic (exact) mass is 155 g/mol. The second kappa shape index (κ2) is 3.50. The maximum Gasteiger partial charge on any atom is 0.0951 e. The van der Waals surface area contributed by atoms with Gasteiger partial charge in [0, 0.05) is 12.2 Å². The summed E-state index contributed by atoms with van der Waals surface area (Å²) in [5.74, 6) is 0. The number of hydrogen-bond donors (Lipinski definition) is 2. The van der Waals surface area contributed by atoms with Crippen molar-refractivity contribution >= 4 is 0 Å². The average Bonchev–Trinajstić information content (AvgIpc) is 2.36. The van der Waals surface area contributed by atoms with Gasteiger partial charge in [0.2, 0.25) is 0 Å². The molecule has 0 aliphatic heterocycles. The number of hydrogen-bond acceptors (Lipinski definition) is 3. The molecule has 0 radical (unpaired) electrons. The first-order chi connectivity index (χ1) is 5.25. The molecule has 4 nitrogen and oxygen atoms in total. The van der Waals surface area contributed by atoms with Crippen LogP contribution in [-0.2, 0) is 6.54 Å².